The van der Waals surface area contributed by atoms with Gasteiger partial charge in [-0.1, -0.05) is 23.2 Å². The van der Waals surface area contributed by atoms with Crippen LogP contribution in [0.25, 0.3) is 0 Å². The minimum Gasteiger partial charge on any atom is -0.398 e. The van der Waals surface area contributed by atoms with Gasteiger partial charge in [0.25, 0.3) is 10.0 Å². The molecule has 2 aromatic rings. The zero-order chi connectivity index (χ0) is 15.8. The minimum atomic E-state index is -3.86. The Morgan fingerprint density at radius 3 is 2.33 bits per heavy atom. The predicted molar refractivity (Wildman–Crippen MR) is 93.5 cm³/mol. The highest BCUT2D eigenvalue weighted by molar-refractivity contribution is 9.11. The van der Waals surface area contributed by atoms with Gasteiger partial charge in [0.15, 0.2) is 0 Å². The van der Waals surface area contributed by atoms with Gasteiger partial charge in [-0.15, -0.1) is 0 Å². The van der Waals surface area contributed by atoms with Crippen LogP contribution in [0.1, 0.15) is 0 Å². The molecule has 2 aromatic carbocycles. The molecule has 21 heavy (non-hydrogen) atoms. The van der Waals surface area contributed by atoms with E-state index in [0.29, 0.717) is 15.2 Å². The molecule has 0 aromatic heterocycles. The number of benzene rings is 2. The average molecular weight is 475 g/mol. The standard InChI is InChI=1S/C12H8Br2Cl2N2O2S/c13-8-3-6(15)1-2-10(8)18-21(19,20)11-5-7(16)4-9(17)12(11)14/h1-5,18H,17H2. The van der Waals surface area contributed by atoms with Gasteiger partial charge in [0.1, 0.15) is 4.90 Å². The number of nitrogen functional groups attached to an aromatic ring is 1. The number of hydrogen-bond acceptors (Lipinski definition) is 3. The van der Waals surface area contributed by atoms with Crippen molar-refractivity contribution in [3.8, 4) is 0 Å². The Kier molecular flexibility index (Phi) is 5.10. The van der Waals surface area contributed by atoms with Crippen molar-refractivity contribution in [2.75, 3.05) is 10.5 Å². The molecule has 0 spiro atoms. The second-order valence-corrected chi connectivity index (χ2v) is 8.21. The summed E-state index contributed by atoms with van der Waals surface area (Å²) in [5, 5.41) is 0.712. The second kappa shape index (κ2) is 6.34. The molecule has 0 aliphatic heterocycles. The van der Waals surface area contributed by atoms with E-state index in [1.54, 1.807) is 18.2 Å². The fraction of sp³-hybridized carbons (Fsp3) is 0. The Balaban J connectivity index is 2.48. The van der Waals surface area contributed by atoms with E-state index in [1.807, 2.05) is 0 Å². The van der Waals surface area contributed by atoms with Crippen LogP contribution in [0.15, 0.2) is 44.2 Å². The van der Waals surface area contributed by atoms with Gasteiger partial charge in [-0.05, 0) is 62.2 Å². The highest BCUT2D eigenvalue weighted by atomic mass is 79.9. The van der Waals surface area contributed by atoms with Gasteiger partial charge >= 0.3 is 0 Å². The van der Waals surface area contributed by atoms with Crippen molar-refractivity contribution >= 4 is 76.5 Å². The third kappa shape index (κ3) is 3.84. The van der Waals surface area contributed by atoms with Crippen LogP contribution in [0.2, 0.25) is 10.0 Å². The van der Waals surface area contributed by atoms with Crippen LogP contribution in [0.4, 0.5) is 11.4 Å². The van der Waals surface area contributed by atoms with Crippen molar-refractivity contribution in [2.45, 2.75) is 4.90 Å². The smallest absolute Gasteiger partial charge is 0.263 e. The van der Waals surface area contributed by atoms with Crippen LogP contribution in [-0.2, 0) is 10.0 Å². The van der Waals surface area contributed by atoms with E-state index in [0.717, 1.165) is 0 Å². The van der Waals surface area contributed by atoms with E-state index in [9.17, 15) is 8.42 Å². The first-order valence-electron chi connectivity index (χ1n) is 5.43. The molecule has 112 valence electrons. The maximum Gasteiger partial charge on any atom is 0.263 e. The molecule has 0 atom stereocenters. The van der Waals surface area contributed by atoms with Gasteiger partial charge in [0.2, 0.25) is 0 Å². The van der Waals surface area contributed by atoms with Crippen LogP contribution in [-0.4, -0.2) is 8.42 Å². The molecule has 0 unspecified atom stereocenters. The number of rotatable bonds is 3. The lowest BCUT2D eigenvalue weighted by atomic mass is 10.3. The lowest BCUT2D eigenvalue weighted by Gasteiger charge is -2.12. The summed E-state index contributed by atoms with van der Waals surface area (Å²) in [5.41, 5.74) is 6.30. The third-order valence-electron chi connectivity index (χ3n) is 2.50. The molecule has 0 aliphatic carbocycles. The molecule has 0 heterocycles. The molecule has 0 aliphatic rings. The average Bonchev–Trinajstić information content (AvgIpc) is 2.37. The van der Waals surface area contributed by atoms with Crippen molar-refractivity contribution in [1.82, 2.24) is 0 Å². The fourth-order valence-corrected chi connectivity index (χ4v) is 4.84. The highest BCUT2D eigenvalue weighted by Crippen LogP contribution is 2.34. The maximum atomic E-state index is 12.5. The monoisotopic (exact) mass is 472 g/mol. The van der Waals surface area contributed by atoms with E-state index >= 15 is 0 Å². The van der Waals surface area contributed by atoms with Crippen LogP contribution in [0.3, 0.4) is 0 Å². The van der Waals surface area contributed by atoms with E-state index in [1.165, 1.54) is 12.1 Å². The van der Waals surface area contributed by atoms with E-state index in [-0.39, 0.29) is 20.1 Å². The molecule has 0 amide bonds. The molecule has 2 rings (SSSR count). The maximum absolute atomic E-state index is 12.5. The van der Waals surface area contributed by atoms with E-state index in [4.69, 9.17) is 28.9 Å². The number of nitrogens with one attached hydrogen (secondary N) is 1. The number of hydrogen-bond donors (Lipinski definition) is 2. The van der Waals surface area contributed by atoms with Crippen molar-refractivity contribution in [2.24, 2.45) is 0 Å². The minimum absolute atomic E-state index is 0.0469. The zero-order valence-corrected chi connectivity index (χ0v) is 15.7. The molecule has 0 saturated heterocycles. The van der Waals surface area contributed by atoms with Crippen molar-refractivity contribution < 1.29 is 8.42 Å². The predicted octanol–water partition coefficient (Wildman–Crippen LogP) is 4.90. The summed E-state index contributed by atoms with van der Waals surface area (Å²) in [6, 6.07) is 7.48. The van der Waals surface area contributed by atoms with E-state index < -0.39 is 10.0 Å². The topological polar surface area (TPSA) is 72.2 Å². The van der Waals surface area contributed by atoms with Crippen LogP contribution < -0.4 is 10.5 Å². The van der Waals surface area contributed by atoms with Gasteiger partial charge in [-0.3, -0.25) is 4.72 Å². The van der Waals surface area contributed by atoms with Crippen LogP contribution in [0, 0.1) is 0 Å². The Morgan fingerprint density at radius 2 is 1.71 bits per heavy atom. The molecular weight excluding hydrogens is 467 g/mol. The first-order chi connectivity index (χ1) is 9.70. The molecule has 0 fully saturated rings. The van der Waals surface area contributed by atoms with Gasteiger partial charge in [-0.2, -0.15) is 0 Å². The Labute approximate surface area is 148 Å². The summed E-state index contributed by atoms with van der Waals surface area (Å²) < 4.78 is 28.1. The summed E-state index contributed by atoms with van der Waals surface area (Å²) in [7, 11) is -3.86. The van der Waals surface area contributed by atoms with Crippen molar-refractivity contribution in [3.05, 3.63) is 49.3 Å². The number of sulfonamides is 1. The number of anilines is 2. The summed E-state index contributed by atoms with van der Waals surface area (Å²) in [6.45, 7) is 0. The molecule has 0 bridgehead atoms. The lowest BCUT2D eigenvalue weighted by molar-refractivity contribution is 0.601. The van der Waals surface area contributed by atoms with Crippen molar-refractivity contribution in [1.29, 1.82) is 0 Å². The first kappa shape index (κ1) is 16.9. The second-order valence-electron chi connectivity index (χ2n) is 4.04. The molecule has 9 heteroatoms. The quantitative estimate of drug-likeness (QED) is 0.621. The summed E-state index contributed by atoms with van der Waals surface area (Å²) in [4.78, 5) is -0.0469. The number of halogens is 4. The van der Waals surface area contributed by atoms with Gasteiger partial charge in [-0.25, -0.2) is 8.42 Å². The normalized spacial score (nSPS) is 11.4. The lowest BCUT2D eigenvalue weighted by Crippen LogP contribution is -2.14. The largest absolute Gasteiger partial charge is 0.398 e. The highest BCUT2D eigenvalue weighted by Gasteiger charge is 2.21. The van der Waals surface area contributed by atoms with Crippen molar-refractivity contribution in [3.63, 3.8) is 0 Å². The third-order valence-corrected chi connectivity index (χ3v) is 6.14. The molecular formula is C12H8Br2Cl2N2O2S. The van der Waals surface area contributed by atoms with Gasteiger partial charge < -0.3 is 5.73 Å². The first-order valence-corrected chi connectivity index (χ1v) is 9.25. The zero-order valence-electron chi connectivity index (χ0n) is 10.2. The van der Waals surface area contributed by atoms with Crippen LogP contribution in [0.5, 0.6) is 0 Å². The number of nitrogens with two attached hydrogens (primary N) is 1. The molecule has 3 N–H and O–H groups in total. The Hall–Kier alpha value is -0.470. The summed E-state index contributed by atoms with van der Waals surface area (Å²) in [5.74, 6) is 0. The summed E-state index contributed by atoms with van der Waals surface area (Å²) in [6.07, 6.45) is 0. The fourth-order valence-electron chi connectivity index (χ4n) is 1.55. The SMILES string of the molecule is Nc1cc(Cl)cc(S(=O)(=O)Nc2ccc(Cl)cc2Br)c1Br. The Bertz CT molecular complexity index is 813. The summed E-state index contributed by atoms with van der Waals surface area (Å²) >= 11 is 18.1. The van der Waals surface area contributed by atoms with Crippen LogP contribution >= 0.6 is 55.1 Å². The molecule has 0 radical (unpaired) electrons. The molecule has 4 nitrogen and oxygen atoms in total. The van der Waals surface area contributed by atoms with Gasteiger partial charge in [0, 0.05) is 20.2 Å². The van der Waals surface area contributed by atoms with Gasteiger partial charge in [0.05, 0.1) is 10.2 Å². The Morgan fingerprint density at radius 1 is 1.05 bits per heavy atom. The van der Waals surface area contributed by atoms with E-state index in [2.05, 4.69) is 36.6 Å². The molecule has 0 saturated carbocycles.